The van der Waals surface area contributed by atoms with E-state index < -0.39 is 0 Å². The van der Waals surface area contributed by atoms with Crippen LogP contribution >= 0.6 is 0 Å². The Kier molecular flexibility index (Phi) is 34.7. The molecule has 0 fully saturated rings. The lowest BCUT2D eigenvalue weighted by Gasteiger charge is -1.95. The third kappa shape index (κ3) is 26.9. The van der Waals surface area contributed by atoms with Crippen molar-refractivity contribution in [2.24, 2.45) is 0 Å². The van der Waals surface area contributed by atoms with Crippen LogP contribution < -0.4 is 5.32 Å². The minimum absolute atomic E-state index is 0.373. The number of carbonyl (C=O) groups is 1. The van der Waals surface area contributed by atoms with Crippen molar-refractivity contribution in [2.45, 2.75) is 34.6 Å². The molecule has 0 aromatic heterocycles. The Labute approximate surface area is 70.1 Å². The highest BCUT2D eigenvalue weighted by molar-refractivity contribution is 5.66. The van der Waals surface area contributed by atoms with Crippen LogP contribution in [0.5, 0.6) is 0 Å². The Morgan fingerprint density at radius 1 is 1.27 bits per heavy atom. The van der Waals surface area contributed by atoms with Crippen molar-refractivity contribution >= 4 is 6.09 Å². The van der Waals surface area contributed by atoms with Gasteiger partial charge in [-0.3, -0.25) is 0 Å². The SMILES string of the molecule is CC.CC.CCOC(=O)NC. The molecule has 0 atom stereocenters. The van der Waals surface area contributed by atoms with E-state index in [4.69, 9.17) is 0 Å². The topological polar surface area (TPSA) is 38.3 Å². The van der Waals surface area contributed by atoms with Crippen LogP contribution in [0.15, 0.2) is 0 Å². The maximum Gasteiger partial charge on any atom is 0.406 e. The van der Waals surface area contributed by atoms with Crippen LogP contribution in [0.3, 0.4) is 0 Å². The third-order valence-electron chi connectivity index (χ3n) is 0.480. The minimum Gasteiger partial charge on any atom is -0.450 e. The van der Waals surface area contributed by atoms with E-state index in [1.54, 1.807) is 6.92 Å². The zero-order chi connectivity index (χ0) is 9.70. The van der Waals surface area contributed by atoms with E-state index in [-0.39, 0.29) is 6.09 Å². The molecule has 1 amide bonds. The van der Waals surface area contributed by atoms with Crippen molar-refractivity contribution in [3.8, 4) is 0 Å². The maximum atomic E-state index is 10.1. The summed E-state index contributed by atoms with van der Waals surface area (Å²) in [6.07, 6.45) is -0.373. The molecule has 0 unspecified atom stereocenters. The molecule has 0 aromatic rings. The number of hydrogen-bond donors (Lipinski definition) is 1. The number of ether oxygens (including phenoxy) is 1. The number of carbonyl (C=O) groups excluding carboxylic acids is 1. The van der Waals surface area contributed by atoms with E-state index in [0.717, 1.165) is 0 Å². The largest absolute Gasteiger partial charge is 0.450 e. The second kappa shape index (κ2) is 22.8. The summed E-state index contributed by atoms with van der Waals surface area (Å²) < 4.78 is 4.44. The van der Waals surface area contributed by atoms with Gasteiger partial charge < -0.3 is 10.1 Å². The molecule has 0 saturated heterocycles. The van der Waals surface area contributed by atoms with Gasteiger partial charge in [-0.15, -0.1) is 0 Å². The van der Waals surface area contributed by atoms with Crippen LogP contribution in [0.2, 0.25) is 0 Å². The van der Waals surface area contributed by atoms with E-state index in [1.165, 1.54) is 7.05 Å². The van der Waals surface area contributed by atoms with E-state index in [2.05, 4.69) is 10.1 Å². The number of nitrogens with one attached hydrogen (secondary N) is 1. The van der Waals surface area contributed by atoms with Crippen molar-refractivity contribution in [1.29, 1.82) is 0 Å². The van der Waals surface area contributed by atoms with Crippen molar-refractivity contribution in [3.05, 3.63) is 0 Å². The van der Waals surface area contributed by atoms with Crippen LogP contribution in [0.25, 0.3) is 0 Å². The molecule has 1 N–H and O–H groups in total. The predicted octanol–water partition coefficient (Wildman–Crippen LogP) is 2.41. The molecule has 0 radical (unpaired) electrons. The molecule has 0 rings (SSSR count). The maximum absolute atomic E-state index is 10.1. The second-order valence-electron chi connectivity index (χ2n) is 0.970. The average Bonchev–Trinajstić information content (AvgIpc) is 2.12. The summed E-state index contributed by atoms with van der Waals surface area (Å²) in [5.74, 6) is 0. The molecular formula is C8H21NO2. The van der Waals surface area contributed by atoms with Gasteiger partial charge in [-0.2, -0.15) is 0 Å². The summed E-state index contributed by atoms with van der Waals surface area (Å²) in [6, 6.07) is 0. The second-order valence-corrected chi connectivity index (χ2v) is 0.970. The zero-order valence-electron chi connectivity index (χ0n) is 8.52. The average molecular weight is 163 g/mol. The van der Waals surface area contributed by atoms with Crippen molar-refractivity contribution in [1.82, 2.24) is 5.32 Å². The summed E-state index contributed by atoms with van der Waals surface area (Å²) in [5, 5.41) is 2.30. The molecule has 0 saturated carbocycles. The van der Waals surface area contributed by atoms with Gasteiger partial charge in [-0.25, -0.2) is 4.79 Å². The zero-order valence-corrected chi connectivity index (χ0v) is 8.52. The lowest BCUT2D eigenvalue weighted by atomic mass is 10.9. The lowest BCUT2D eigenvalue weighted by molar-refractivity contribution is 0.154. The van der Waals surface area contributed by atoms with Gasteiger partial charge in [-0.05, 0) is 6.92 Å². The number of rotatable bonds is 1. The van der Waals surface area contributed by atoms with Gasteiger partial charge in [-0.1, -0.05) is 27.7 Å². The summed E-state index contributed by atoms with van der Waals surface area (Å²) in [7, 11) is 1.53. The first-order valence-corrected chi connectivity index (χ1v) is 4.15. The Bertz CT molecular complexity index is 65.1. The van der Waals surface area contributed by atoms with E-state index in [0.29, 0.717) is 6.61 Å². The molecule has 0 aliphatic carbocycles. The first-order valence-electron chi connectivity index (χ1n) is 4.15. The van der Waals surface area contributed by atoms with E-state index in [1.807, 2.05) is 27.7 Å². The highest BCUT2D eigenvalue weighted by atomic mass is 16.5. The Morgan fingerprint density at radius 3 is 1.73 bits per heavy atom. The van der Waals surface area contributed by atoms with Gasteiger partial charge in [0, 0.05) is 7.05 Å². The quantitative estimate of drug-likeness (QED) is 0.644. The summed E-state index contributed by atoms with van der Waals surface area (Å²) in [5.41, 5.74) is 0. The standard InChI is InChI=1S/C4H9NO2.2C2H6/c1-3-7-4(6)5-2;2*1-2/h3H2,1-2H3,(H,5,6);2*1-2H3. The highest BCUT2D eigenvalue weighted by Gasteiger charge is 1.89. The van der Waals surface area contributed by atoms with Crippen molar-refractivity contribution < 1.29 is 9.53 Å². The molecular weight excluding hydrogens is 142 g/mol. The van der Waals surface area contributed by atoms with Crippen LogP contribution in [0, 0.1) is 0 Å². The summed E-state index contributed by atoms with van der Waals surface area (Å²) >= 11 is 0. The molecule has 0 spiro atoms. The molecule has 3 nitrogen and oxygen atoms in total. The van der Waals surface area contributed by atoms with Gasteiger partial charge in [0.25, 0.3) is 0 Å². The number of amides is 1. The molecule has 0 bridgehead atoms. The van der Waals surface area contributed by atoms with Gasteiger partial charge in [0.2, 0.25) is 0 Å². The van der Waals surface area contributed by atoms with Gasteiger partial charge in [0.15, 0.2) is 0 Å². The molecule has 3 heteroatoms. The van der Waals surface area contributed by atoms with Crippen LogP contribution in [0.1, 0.15) is 34.6 Å². The Balaban J connectivity index is -0.000000138. The smallest absolute Gasteiger partial charge is 0.406 e. The molecule has 0 aliphatic heterocycles. The monoisotopic (exact) mass is 163 g/mol. The fourth-order valence-electron chi connectivity index (χ4n) is 0.203. The fourth-order valence-corrected chi connectivity index (χ4v) is 0.203. The summed E-state index contributed by atoms with van der Waals surface area (Å²) in [6.45, 7) is 10.2. The lowest BCUT2D eigenvalue weighted by Crippen LogP contribution is -2.18. The van der Waals surface area contributed by atoms with E-state index in [9.17, 15) is 4.79 Å². The minimum atomic E-state index is -0.373. The number of alkyl carbamates (subject to hydrolysis) is 1. The Morgan fingerprint density at radius 2 is 1.64 bits per heavy atom. The molecule has 0 aliphatic rings. The van der Waals surface area contributed by atoms with Gasteiger partial charge in [0.05, 0.1) is 6.61 Å². The molecule has 70 valence electrons. The first-order chi connectivity index (χ1) is 5.31. The third-order valence-corrected chi connectivity index (χ3v) is 0.480. The van der Waals surface area contributed by atoms with Crippen molar-refractivity contribution in [2.75, 3.05) is 13.7 Å². The fraction of sp³-hybridized carbons (Fsp3) is 0.875. The van der Waals surface area contributed by atoms with Crippen LogP contribution in [0.4, 0.5) is 4.79 Å². The predicted molar refractivity (Wildman–Crippen MR) is 48.8 cm³/mol. The summed E-state index contributed by atoms with van der Waals surface area (Å²) in [4.78, 5) is 10.1. The molecule has 0 heterocycles. The Hall–Kier alpha value is -0.730. The number of hydrogen-bond acceptors (Lipinski definition) is 2. The molecule has 11 heavy (non-hydrogen) atoms. The van der Waals surface area contributed by atoms with Crippen molar-refractivity contribution in [3.63, 3.8) is 0 Å². The molecule has 0 aromatic carbocycles. The first kappa shape index (κ1) is 16.7. The van der Waals surface area contributed by atoms with Crippen LogP contribution in [-0.4, -0.2) is 19.7 Å². The van der Waals surface area contributed by atoms with Gasteiger partial charge >= 0.3 is 6.09 Å². The van der Waals surface area contributed by atoms with Crippen LogP contribution in [-0.2, 0) is 4.74 Å². The van der Waals surface area contributed by atoms with E-state index >= 15 is 0 Å². The normalized spacial score (nSPS) is 6.00. The van der Waals surface area contributed by atoms with Gasteiger partial charge in [0.1, 0.15) is 0 Å². The highest BCUT2D eigenvalue weighted by Crippen LogP contribution is 1.70.